The van der Waals surface area contributed by atoms with Crippen molar-refractivity contribution >= 4 is 39.7 Å². The van der Waals surface area contributed by atoms with E-state index < -0.39 is 0 Å². The van der Waals surface area contributed by atoms with E-state index in [0.717, 1.165) is 51.3 Å². The fourth-order valence-electron chi connectivity index (χ4n) is 3.96. The number of nitrogens with two attached hydrogens (primary N) is 1. The summed E-state index contributed by atoms with van der Waals surface area (Å²) in [6.07, 6.45) is 5.82. The molecule has 0 atom stereocenters. The molecule has 32 heavy (non-hydrogen) atoms. The number of aryl methyl sites for hydroxylation is 1. The maximum absolute atomic E-state index is 6.11. The molecule has 0 aliphatic heterocycles. The molecule has 0 unspecified atom stereocenters. The molecule has 3 aromatic heterocycles. The van der Waals surface area contributed by atoms with Gasteiger partial charge < -0.3 is 10.7 Å². The van der Waals surface area contributed by atoms with Crippen molar-refractivity contribution in [1.82, 2.24) is 19.7 Å². The molecule has 5 rings (SSSR count). The standard InChI is InChI=1S/C25H22N6S/c1-2-30-16-22(20-11-13-27-24-21(20)12-14-28-24)23(29-30)17-7-6-10-19(15-17)31(25(26)32)18-8-4-3-5-9-18/h3-16H,2H2,1H3,(H2,26,32)(H,27,28). The average molecular weight is 439 g/mol. The number of nitrogens with one attached hydrogen (secondary N) is 1. The molecule has 0 aliphatic rings. The third-order valence-corrected chi connectivity index (χ3v) is 5.63. The first kappa shape index (κ1) is 20.0. The minimum Gasteiger partial charge on any atom is -0.376 e. The number of fused-ring (bicyclic) bond motifs is 1. The Balaban J connectivity index is 1.66. The molecule has 6 nitrogen and oxygen atoms in total. The first-order valence-corrected chi connectivity index (χ1v) is 10.8. The highest BCUT2D eigenvalue weighted by atomic mass is 32.1. The van der Waals surface area contributed by atoms with E-state index in [2.05, 4.69) is 35.2 Å². The summed E-state index contributed by atoms with van der Waals surface area (Å²) < 4.78 is 1.96. The number of aromatic amines is 1. The van der Waals surface area contributed by atoms with Crippen molar-refractivity contribution in [2.75, 3.05) is 4.90 Å². The molecule has 0 saturated carbocycles. The van der Waals surface area contributed by atoms with Crippen LogP contribution in [0.15, 0.2) is 85.3 Å². The molecule has 0 spiro atoms. The van der Waals surface area contributed by atoms with Crippen molar-refractivity contribution in [2.24, 2.45) is 5.73 Å². The van der Waals surface area contributed by atoms with Crippen molar-refractivity contribution < 1.29 is 0 Å². The normalized spacial score (nSPS) is 11.0. The smallest absolute Gasteiger partial charge is 0.175 e. The maximum Gasteiger partial charge on any atom is 0.175 e. The minimum absolute atomic E-state index is 0.288. The van der Waals surface area contributed by atoms with Crippen LogP contribution < -0.4 is 10.6 Å². The predicted molar refractivity (Wildman–Crippen MR) is 134 cm³/mol. The van der Waals surface area contributed by atoms with Crippen molar-refractivity contribution in [3.63, 3.8) is 0 Å². The van der Waals surface area contributed by atoms with Gasteiger partial charge in [0, 0.05) is 53.0 Å². The Morgan fingerprint density at radius 2 is 1.84 bits per heavy atom. The molecular formula is C25H22N6S. The summed E-state index contributed by atoms with van der Waals surface area (Å²) in [5.41, 5.74) is 12.8. The monoisotopic (exact) mass is 438 g/mol. The molecule has 5 aromatic rings. The van der Waals surface area contributed by atoms with E-state index in [1.54, 1.807) is 0 Å². The quantitative estimate of drug-likeness (QED) is 0.355. The Morgan fingerprint density at radius 3 is 2.62 bits per heavy atom. The molecule has 0 fully saturated rings. The number of anilines is 2. The lowest BCUT2D eigenvalue weighted by atomic mass is 10.00. The number of benzene rings is 2. The maximum atomic E-state index is 6.11. The van der Waals surface area contributed by atoms with Crippen LogP contribution in [0.3, 0.4) is 0 Å². The highest BCUT2D eigenvalue weighted by Gasteiger charge is 2.18. The van der Waals surface area contributed by atoms with Crippen LogP contribution in [0.2, 0.25) is 0 Å². The zero-order chi connectivity index (χ0) is 22.1. The van der Waals surface area contributed by atoms with Gasteiger partial charge in [0.05, 0.1) is 0 Å². The van der Waals surface area contributed by atoms with E-state index in [1.807, 2.05) is 76.6 Å². The zero-order valence-corrected chi connectivity index (χ0v) is 18.4. The molecule has 0 saturated heterocycles. The Morgan fingerprint density at radius 1 is 1.03 bits per heavy atom. The number of para-hydroxylation sites is 1. The van der Waals surface area contributed by atoms with Gasteiger partial charge in [-0.15, -0.1) is 0 Å². The van der Waals surface area contributed by atoms with Crippen molar-refractivity contribution in [3.8, 4) is 22.4 Å². The summed E-state index contributed by atoms with van der Waals surface area (Å²) in [5.74, 6) is 0. The van der Waals surface area contributed by atoms with Gasteiger partial charge in [-0.05, 0) is 61.1 Å². The van der Waals surface area contributed by atoms with Gasteiger partial charge in [-0.1, -0.05) is 30.3 Å². The van der Waals surface area contributed by atoms with Crippen molar-refractivity contribution in [2.45, 2.75) is 13.5 Å². The van der Waals surface area contributed by atoms with Crippen molar-refractivity contribution in [3.05, 3.63) is 85.3 Å². The van der Waals surface area contributed by atoms with E-state index in [4.69, 9.17) is 23.1 Å². The molecule has 0 aliphatic carbocycles. The summed E-state index contributed by atoms with van der Waals surface area (Å²) in [5, 5.41) is 6.24. The van der Waals surface area contributed by atoms with Gasteiger partial charge in [-0.3, -0.25) is 9.58 Å². The van der Waals surface area contributed by atoms with E-state index in [1.165, 1.54) is 0 Å². The third-order valence-electron chi connectivity index (χ3n) is 5.45. The van der Waals surface area contributed by atoms with Gasteiger partial charge in [0.2, 0.25) is 0 Å². The molecule has 2 aromatic carbocycles. The number of aromatic nitrogens is 4. The number of hydrogen-bond acceptors (Lipinski definition) is 3. The Bertz CT molecular complexity index is 1400. The fraction of sp³-hybridized carbons (Fsp3) is 0.0800. The number of thiocarbonyl (C=S) groups is 1. The van der Waals surface area contributed by atoms with Crippen molar-refractivity contribution in [1.29, 1.82) is 0 Å². The number of rotatable bonds is 5. The molecule has 3 heterocycles. The lowest BCUT2D eigenvalue weighted by Crippen LogP contribution is -2.31. The number of pyridine rings is 1. The molecule has 7 heteroatoms. The van der Waals surface area contributed by atoms with Crippen LogP contribution in [0.25, 0.3) is 33.4 Å². The summed E-state index contributed by atoms with van der Waals surface area (Å²) >= 11 is 5.38. The second-order valence-electron chi connectivity index (χ2n) is 7.41. The molecule has 0 radical (unpaired) electrons. The number of nitrogens with zero attached hydrogens (tertiary/aromatic N) is 4. The molecular weight excluding hydrogens is 416 g/mol. The Kier molecular flexibility index (Phi) is 5.17. The third kappa shape index (κ3) is 3.52. The van der Waals surface area contributed by atoms with Crippen LogP contribution in [-0.4, -0.2) is 24.9 Å². The Hall–Kier alpha value is -3.97. The molecule has 158 valence electrons. The van der Waals surface area contributed by atoms with Gasteiger partial charge in [0.25, 0.3) is 0 Å². The highest BCUT2D eigenvalue weighted by Crippen LogP contribution is 2.36. The van der Waals surface area contributed by atoms with Gasteiger partial charge in [0.15, 0.2) is 5.11 Å². The lowest BCUT2D eigenvalue weighted by molar-refractivity contribution is 0.662. The highest BCUT2D eigenvalue weighted by molar-refractivity contribution is 7.80. The summed E-state index contributed by atoms with van der Waals surface area (Å²) in [7, 11) is 0. The lowest BCUT2D eigenvalue weighted by Gasteiger charge is -2.23. The summed E-state index contributed by atoms with van der Waals surface area (Å²) in [4.78, 5) is 9.49. The summed E-state index contributed by atoms with van der Waals surface area (Å²) in [6.45, 7) is 2.86. The van der Waals surface area contributed by atoms with E-state index >= 15 is 0 Å². The Labute approximate surface area is 191 Å². The van der Waals surface area contributed by atoms with Crippen LogP contribution >= 0.6 is 12.2 Å². The second kappa shape index (κ2) is 8.28. The van der Waals surface area contributed by atoms with E-state index in [0.29, 0.717) is 0 Å². The minimum atomic E-state index is 0.288. The van der Waals surface area contributed by atoms with Gasteiger partial charge >= 0.3 is 0 Å². The predicted octanol–water partition coefficient (Wildman–Crippen LogP) is 5.50. The fourth-order valence-corrected chi connectivity index (χ4v) is 4.17. The van der Waals surface area contributed by atoms with Gasteiger partial charge in [0.1, 0.15) is 11.3 Å². The summed E-state index contributed by atoms with van der Waals surface area (Å²) in [6, 6.07) is 22.1. The SMILES string of the molecule is CCn1cc(-c2ccnc3[nH]ccc23)c(-c2cccc(N(C(N)=S)c3ccccc3)c2)n1. The van der Waals surface area contributed by atoms with Crippen LogP contribution in [0.4, 0.5) is 11.4 Å². The number of H-pyrrole nitrogens is 1. The van der Waals surface area contributed by atoms with Gasteiger partial charge in [-0.2, -0.15) is 5.10 Å². The topological polar surface area (TPSA) is 75.8 Å². The largest absolute Gasteiger partial charge is 0.376 e. The van der Waals surface area contributed by atoms with Crippen LogP contribution in [0.5, 0.6) is 0 Å². The van der Waals surface area contributed by atoms with Crippen LogP contribution in [-0.2, 0) is 6.54 Å². The first-order chi connectivity index (χ1) is 15.7. The number of hydrogen-bond donors (Lipinski definition) is 2. The second-order valence-corrected chi connectivity index (χ2v) is 7.82. The van der Waals surface area contributed by atoms with Crippen LogP contribution in [0, 0.1) is 0 Å². The first-order valence-electron chi connectivity index (χ1n) is 10.4. The zero-order valence-electron chi connectivity index (χ0n) is 17.6. The molecule has 3 N–H and O–H groups in total. The van der Waals surface area contributed by atoms with E-state index in [-0.39, 0.29) is 5.11 Å². The molecule has 0 bridgehead atoms. The van der Waals surface area contributed by atoms with Gasteiger partial charge in [-0.25, -0.2) is 4.98 Å². The van der Waals surface area contributed by atoms with Crippen LogP contribution in [0.1, 0.15) is 6.92 Å². The average Bonchev–Trinajstić information content (AvgIpc) is 3.47. The molecule has 0 amide bonds. The van der Waals surface area contributed by atoms with E-state index in [9.17, 15) is 0 Å².